The van der Waals surface area contributed by atoms with Crippen LogP contribution < -0.4 is 16.2 Å². The molecule has 0 aliphatic carbocycles. The molecule has 0 radical (unpaired) electrons. The van der Waals surface area contributed by atoms with Crippen LogP contribution in [0.3, 0.4) is 0 Å². The third-order valence-electron chi connectivity index (χ3n) is 5.34. The standard InChI is InChI=1S/C27H28N6OS2/c1-27(2,3)20-16-14-19(15-17-20)24-30-32-26(33(24)22-12-8-5-9-13-22)36-18-23(34)29-31-25(35)28-21-10-6-4-7-11-21/h4-17H,18H2,1-3H3,(H,29,34)(H2,28,31,35). The molecule has 0 saturated heterocycles. The second kappa shape index (κ2) is 11.4. The first kappa shape index (κ1) is 25.4. The van der Waals surface area contributed by atoms with E-state index >= 15 is 0 Å². The Labute approximate surface area is 220 Å². The van der Waals surface area contributed by atoms with Gasteiger partial charge >= 0.3 is 0 Å². The molecular formula is C27H28N6OS2. The SMILES string of the molecule is CC(C)(C)c1ccc(-c2nnc(SCC(=O)NNC(=S)Nc3ccccc3)n2-c2ccccc2)cc1. The van der Waals surface area contributed by atoms with E-state index in [1.54, 1.807) is 0 Å². The molecule has 1 aromatic heterocycles. The Hall–Kier alpha value is -3.69. The summed E-state index contributed by atoms with van der Waals surface area (Å²) in [6.07, 6.45) is 0. The molecule has 36 heavy (non-hydrogen) atoms. The number of thioether (sulfide) groups is 1. The van der Waals surface area contributed by atoms with Crippen LogP contribution in [0.2, 0.25) is 0 Å². The average molecular weight is 517 g/mol. The van der Waals surface area contributed by atoms with E-state index in [1.807, 2.05) is 65.2 Å². The van der Waals surface area contributed by atoms with Crippen LogP contribution >= 0.6 is 24.0 Å². The van der Waals surface area contributed by atoms with E-state index in [1.165, 1.54) is 17.3 Å². The summed E-state index contributed by atoms with van der Waals surface area (Å²) in [5.41, 5.74) is 9.36. The van der Waals surface area contributed by atoms with Gasteiger partial charge in [-0.25, -0.2) is 0 Å². The summed E-state index contributed by atoms with van der Waals surface area (Å²) in [7, 11) is 0. The first-order valence-electron chi connectivity index (χ1n) is 11.5. The zero-order valence-electron chi connectivity index (χ0n) is 20.4. The highest BCUT2D eigenvalue weighted by Gasteiger charge is 2.19. The van der Waals surface area contributed by atoms with E-state index in [9.17, 15) is 4.79 Å². The maximum Gasteiger partial charge on any atom is 0.248 e. The molecule has 0 fully saturated rings. The Morgan fingerprint density at radius 3 is 2.17 bits per heavy atom. The lowest BCUT2D eigenvalue weighted by atomic mass is 9.87. The van der Waals surface area contributed by atoms with Gasteiger partial charge in [0, 0.05) is 16.9 Å². The smallest absolute Gasteiger partial charge is 0.248 e. The van der Waals surface area contributed by atoms with Crippen molar-refractivity contribution in [1.82, 2.24) is 25.6 Å². The maximum absolute atomic E-state index is 12.5. The second-order valence-electron chi connectivity index (χ2n) is 9.09. The molecule has 3 N–H and O–H groups in total. The van der Waals surface area contributed by atoms with Gasteiger partial charge in [0.15, 0.2) is 16.1 Å². The Bertz CT molecular complexity index is 1320. The molecule has 0 atom stereocenters. The van der Waals surface area contributed by atoms with Crippen LogP contribution in [-0.4, -0.2) is 31.5 Å². The van der Waals surface area contributed by atoms with Crippen LogP contribution in [0.15, 0.2) is 90.1 Å². The van der Waals surface area contributed by atoms with Crippen molar-refractivity contribution < 1.29 is 4.79 Å². The monoisotopic (exact) mass is 516 g/mol. The van der Waals surface area contributed by atoms with Gasteiger partial charge in [0.1, 0.15) is 0 Å². The maximum atomic E-state index is 12.5. The van der Waals surface area contributed by atoms with Crippen molar-refractivity contribution in [3.63, 3.8) is 0 Å². The van der Waals surface area contributed by atoms with Gasteiger partial charge < -0.3 is 5.32 Å². The van der Waals surface area contributed by atoms with Crippen LogP contribution in [0.1, 0.15) is 26.3 Å². The molecule has 7 nitrogen and oxygen atoms in total. The molecule has 4 rings (SSSR count). The van der Waals surface area contributed by atoms with Gasteiger partial charge in [0.25, 0.3) is 0 Å². The summed E-state index contributed by atoms with van der Waals surface area (Å²) in [4.78, 5) is 12.5. The first-order chi connectivity index (χ1) is 17.3. The van der Waals surface area contributed by atoms with Gasteiger partial charge in [-0.1, -0.05) is 93.2 Å². The largest absolute Gasteiger partial charge is 0.331 e. The number of benzene rings is 3. The summed E-state index contributed by atoms with van der Waals surface area (Å²) < 4.78 is 1.97. The van der Waals surface area contributed by atoms with Crippen molar-refractivity contribution in [2.75, 3.05) is 11.1 Å². The number of amides is 1. The molecular weight excluding hydrogens is 488 g/mol. The fourth-order valence-electron chi connectivity index (χ4n) is 3.46. The summed E-state index contributed by atoms with van der Waals surface area (Å²) in [6, 6.07) is 27.7. The number of carbonyl (C=O) groups is 1. The molecule has 184 valence electrons. The van der Waals surface area contributed by atoms with Crippen LogP contribution in [0.5, 0.6) is 0 Å². The van der Waals surface area contributed by atoms with Crippen molar-refractivity contribution in [2.45, 2.75) is 31.3 Å². The van der Waals surface area contributed by atoms with E-state index < -0.39 is 0 Å². The van der Waals surface area contributed by atoms with E-state index in [0.29, 0.717) is 10.3 Å². The molecule has 4 aromatic rings. The minimum absolute atomic E-state index is 0.0625. The Morgan fingerprint density at radius 1 is 0.889 bits per heavy atom. The Kier molecular flexibility index (Phi) is 8.02. The number of thiocarbonyl (C=S) groups is 1. The summed E-state index contributed by atoms with van der Waals surface area (Å²) in [5, 5.41) is 12.8. The predicted molar refractivity (Wildman–Crippen MR) is 150 cm³/mol. The normalized spacial score (nSPS) is 11.1. The van der Waals surface area contributed by atoms with Crippen LogP contribution in [0, 0.1) is 0 Å². The lowest BCUT2D eigenvalue weighted by Gasteiger charge is -2.19. The number of para-hydroxylation sites is 2. The summed E-state index contributed by atoms with van der Waals surface area (Å²) in [6.45, 7) is 6.56. The third-order valence-corrected chi connectivity index (χ3v) is 6.47. The minimum Gasteiger partial charge on any atom is -0.331 e. The molecule has 1 amide bonds. The number of rotatable bonds is 6. The van der Waals surface area contributed by atoms with Gasteiger partial charge in [-0.15, -0.1) is 10.2 Å². The number of anilines is 1. The van der Waals surface area contributed by atoms with Crippen LogP contribution in [-0.2, 0) is 10.2 Å². The highest BCUT2D eigenvalue weighted by molar-refractivity contribution is 7.99. The summed E-state index contributed by atoms with van der Waals surface area (Å²) >= 11 is 6.54. The van der Waals surface area contributed by atoms with Gasteiger partial charge in [-0.2, -0.15) is 0 Å². The van der Waals surface area contributed by atoms with E-state index in [4.69, 9.17) is 12.2 Å². The molecule has 3 aromatic carbocycles. The predicted octanol–water partition coefficient (Wildman–Crippen LogP) is 5.34. The number of carbonyl (C=O) groups excluding carboxylic acids is 1. The van der Waals surface area contributed by atoms with Crippen molar-refractivity contribution in [2.24, 2.45) is 0 Å². The molecule has 0 saturated carbocycles. The number of aromatic nitrogens is 3. The number of hydrogen-bond acceptors (Lipinski definition) is 5. The van der Waals surface area contributed by atoms with Crippen LogP contribution in [0.25, 0.3) is 17.1 Å². The van der Waals surface area contributed by atoms with E-state index in [0.717, 1.165) is 22.8 Å². The van der Waals surface area contributed by atoms with Gasteiger partial charge in [-0.05, 0) is 47.5 Å². The fourth-order valence-corrected chi connectivity index (χ4v) is 4.38. The minimum atomic E-state index is -0.240. The van der Waals surface area contributed by atoms with Crippen molar-refractivity contribution >= 4 is 40.7 Å². The topological polar surface area (TPSA) is 83.9 Å². The highest BCUT2D eigenvalue weighted by atomic mass is 32.2. The number of nitrogens with one attached hydrogen (secondary N) is 3. The molecule has 9 heteroatoms. The van der Waals surface area contributed by atoms with Gasteiger partial charge in [0.2, 0.25) is 5.91 Å². The molecule has 0 bridgehead atoms. The van der Waals surface area contributed by atoms with Crippen molar-refractivity contribution in [3.05, 3.63) is 90.5 Å². The summed E-state index contributed by atoms with van der Waals surface area (Å²) in [5.74, 6) is 0.612. The van der Waals surface area contributed by atoms with Gasteiger partial charge in [0.05, 0.1) is 5.75 Å². The second-order valence-corrected chi connectivity index (χ2v) is 10.4. The zero-order valence-corrected chi connectivity index (χ0v) is 22.0. The lowest BCUT2D eigenvalue weighted by molar-refractivity contribution is -0.119. The number of nitrogens with zero attached hydrogens (tertiary/aromatic N) is 3. The number of hydrogen-bond donors (Lipinski definition) is 3. The molecule has 0 aliphatic heterocycles. The van der Waals surface area contributed by atoms with Crippen molar-refractivity contribution in [1.29, 1.82) is 0 Å². The van der Waals surface area contributed by atoms with E-state index in [2.05, 4.69) is 71.4 Å². The van der Waals surface area contributed by atoms with Crippen LogP contribution in [0.4, 0.5) is 5.69 Å². The quantitative estimate of drug-likeness (QED) is 0.181. The van der Waals surface area contributed by atoms with Gasteiger partial charge in [-0.3, -0.25) is 20.2 Å². The zero-order chi connectivity index (χ0) is 25.5. The molecule has 0 aliphatic rings. The lowest BCUT2D eigenvalue weighted by Crippen LogP contribution is -2.44. The fraction of sp³-hybridized carbons (Fsp3) is 0.185. The van der Waals surface area contributed by atoms with E-state index in [-0.39, 0.29) is 17.1 Å². The first-order valence-corrected chi connectivity index (χ1v) is 12.9. The number of hydrazine groups is 1. The Morgan fingerprint density at radius 2 is 1.53 bits per heavy atom. The average Bonchev–Trinajstić information content (AvgIpc) is 3.31. The highest BCUT2D eigenvalue weighted by Crippen LogP contribution is 2.30. The third kappa shape index (κ3) is 6.50. The molecule has 0 spiro atoms. The Balaban J connectivity index is 1.46. The molecule has 1 heterocycles. The molecule has 0 unspecified atom stereocenters. The van der Waals surface area contributed by atoms with Crippen molar-refractivity contribution in [3.8, 4) is 17.1 Å².